The second kappa shape index (κ2) is 5.47. The molecule has 0 bridgehead atoms. The molecule has 0 aliphatic carbocycles. The minimum absolute atomic E-state index is 0.471. The third-order valence-electron chi connectivity index (χ3n) is 2.21. The van der Waals surface area contributed by atoms with E-state index in [-0.39, 0.29) is 0 Å². The molecule has 0 radical (unpaired) electrons. The van der Waals surface area contributed by atoms with Crippen molar-refractivity contribution in [2.75, 3.05) is 23.7 Å². The lowest BCUT2D eigenvalue weighted by atomic mass is 10.2. The van der Waals surface area contributed by atoms with Gasteiger partial charge in [-0.3, -0.25) is 0 Å². The first-order chi connectivity index (χ1) is 7.20. The highest BCUT2D eigenvalue weighted by Crippen LogP contribution is 2.31. The van der Waals surface area contributed by atoms with Crippen LogP contribution in [0.25, 0.3) is 0 Å². The number of rotatable bonds is 4. The monoisotopic (exact) mass is 223 g/mol. The molecule has 2 N–H and O–H groups in total. The maximum absolute atomic E-state index is 8.56. The van der Waals surface area contributed by atoms with Crippen LogP contribution in [0.5, 0.6) is 0 Å². The third kappa shape index (κ3) is 2.77. The first kappa shape index (κ1) is 11.7. The Labute approximate surface area is 95.1 Å². The molecular weight excluding hydrogens is 210 g/mol. The molecule has 0 heterocycles. The number of benzene rings is 1. The Hall–Kier alpha value is -1.40. The highest BCUT2D eigenvalue weighted by Gasteiger charge is 2.11. The second-order valence-electron chi connectivity index (χ2n) is 3.17. The first-order valence-electron chi connectivity index (χ1n) is 4.86. The van der Waals surface area contributed by atoms with E-state index in [2.05, 4.69) is 6.07 Å². The molecule has 15 heavy (non-hydrogen) atoms. The van der Waals surface area contributed by atoms with Crippen molar-refractivity contribution < 1.29 is 0 Å². The zero-order valence-corrected chi connectivity index (χ0v) is 9.46. The number of hydrogen-bond donors (Lipinski definition) is 1. The van der Waals surface area contributed by atoms with Gasteiger partial charge in [-0.25, -0.2) is 0 Å². The summed E-state index contributed by atoms with van der Waals surface area (Å²) in [5.74, 6) is 0. The Bertz CT molecular complexity index is 350. The summed E-state index contributed by atoms with van der Waals surface area (Å²) in [6, 6.07) is 7.56. The number of nitriles is 1. The molecule has 0 unspecified atom stereocenters. The van der Waals surface area contributed by atoms with Gasteiger partial charge in [-0.2, -0.15) is 5.26 Å². The molecule has 0 fully saturated rings. The molecule has 0 atom stereocenters. The van der Waals surface area contributed by atoms with E-state index in [0.717, 1.165) is 12.2 Å². The summed E-state index contributed by atoms with van der Waals surface area (Å²) in [5.41, 5.74) is 7.35. The van der Waals surface area contributed by atoms with Crippen LogP contribution in [0.4, 0.5) is 11.4 Å². The van der Waals surface area contributed by atoms with E-state index in [0.29, 0.717) is 23.7 Å². The van der Waals surface area contributed by atoms with E-state index >= 15 is 0 Å². The van der Waals surface area contributed by atoms with Gasteiger partial charge in [0, 0.05) is 13.1 Å². The zero-order valence-electron chi connectivity index (χ0n) is 8.70. The van der Waals surface area contributed by atoms with E-state index in [1.807, 2.05) is 30.0 Å². The number of para-hydroxylation sites is 1. The van der Waals surface area contributed by atoms with Gasteiger partial charge in [0.25, 0.3) is 0 Å². The third-order valence-corrected chi connectivity index (χ3v) is 2.51. The van der Waals surface area contributed by atoms with Crippen LogP contribution in [-0.2, 0) is 0 Å². The van der Waals surface area contributed by atoms with Gasteiger partial charge in [-0.1, -0.05) is 17.7 Å². The Balaban J connectivity index is 2.96. The average molecular weight is 224 g/mol. The fraction of sp³-hybridized carbons (Fsp3) is 0.364. The van der Waals surface area contributed by atoms with Crippen LogP contribution in [0.1, 0.15) is 13.3 Å². The van der Waals surface area contributed by atoms with Gasteiger partial charge < -0.3 is 10.6 Å². The van der Waals surface area contributed by atoms with E-state index < -0.39 is 0 Å². The quantitative estimate of drug-likeness (QED) is 0.799. The molecule has 80 valence electrons. The SMILES string of the molecule is CCN(CCC#N)c1c(N)cccc1Cl. The highest BCUT2D eigenvalue weighted by molar-refractivity contribution is 6.34. The van der Waals surface area contributed by atoms with Crippen LogP contribution in [0, 0.1) is 11.3 Å². The van der Waals surface area contributed by atoms with Crippen molar-refractivity contribution in [2.24, 2.45) is 0 Å². The minimum atomic E-state index is 0.471. The van der Waals surface area contributed by atoms with Crippen molar-refractivity contribution in [3.05, 3.63) is 23.2 Å². The summed E-state index contributed by atoms with van der Waals surface area (Å²) < 4.78 is 0. The Morgan fingerprint density at radius 1 is 1.53 bits per heavy atom. The summed E-state index contributed by atoms with van der Waals surface area (Å²) in [5, 5.41) is 9.19. The summed E-state index contributed by atoms with van der Waals surface area (Å²) in [4.78, 5) is 2.01. The van der Waals surface area contributed by atoms with E-state index in [4.69, 9.17) is 22.6 Å². The molecule has 1 aromatic carbocycles. The molecule has 0 spiro atoms. The topological polar surface area (TPSA) is 53.0 Å². The predicted molar refractivity (Wildman–Crippen MR) is 64.0 cm³/mol. The number of anilines is 2. The average Bonchev–Trinajstić information content (AvgIpc) is 2.22. The molecule has 3 nitrogen and oxygen atoms in total. The highest BCUT2D eigenvalue weighted by atomic mass is 35.5. The molecule has 4 heteroatoms. The molecule has 1 aromatic rings. The fourth-order valence-corrected chi connectivity index (χ4v) is 1.78. The van der Waals surface area contributed by atoms with Gasteiger partial charge in [0.05, 0.1) is 28.9 Å². The molecule has 0 saturated heterocycles. The second-order valence-corrected chi connectivity index (χ2v) is 3.57. The first-order valence-corrected chi connectivity index (χ1v) is 5.24. The number of halogens is 1. The number of nitrogens with zero attached hydrogens (tertiary/aromatic N) is 2. The number of hydrogen-bond acceptors (Lipinski definition) is 3. The number of nitrogens with two attached hydrogens (primary N) is 1. The van der Waals surface area contributed by atoms with Gasteiger partial charge >= 0.3 is 0 Å². The molecule has 0 aromatic heterocycles. The van der Waals surface area contributed by atoms with Crippen molar-refractivity contribution in [3.63, 3.8) is 0 Å². The van der Waals surface area contributed by atoms with Gasteiger partial charge in [0.2, 0.25) is 0 Å². The normalized spacial score (nSPS) is 9.67. The zero-order chi connectivity index (χ0) is 11.3. The fourth-order valence-electron chi connectivity index (χ4n) is 1.48. The van der Waals surface area contributed by atoms with E-state index in [1.54, 1.807) is 0 Å². The maximum Gasteiger partial charge on any atom is 0.0789 e. The summed E-state index contributed by atoms with van der Waals surface area (Å²) in [6.07, 6.45) is 0.471. The van der Waals surface area contributed by atoms with Crippen molar-refractivity contribution in [2.45, 2.75) is 13.3 Å². The Morgan fingerprint density at radius 2 is 2.27 bits per heavy atom. The van der Waals surface area contributed by atoms with Crippen LogP contribution < -0.4 is 10.6 Å². The van der Waals surface area contributed by atoms with Gasteiger partial charge in [0.1, 0.15) is 0 Å². The van der Waals surface area contributed by atoms with Crippen molar-refractivity contribution >= 4 is 23.0 Å². The largest absolute Gasteiger partial charge is 0.397 e. The van der Waals surface area contributed by atoms with Crippen molar-refractivity contribution in [3.8, 4) is 6.07 Å². The molecule has 1 rings (SSSR count). The lowest BCUT2D eigenvalue weighted by Gasteiger charge is -2.24. The van der Waals surface area contributed by atoms with Crippen molar-refractivity contribution in [1.29, 1.82) is 5.26 Å². The molecule has 0 aliphatic heterocycles. The van der Waals surface area contributed by atoms with Crippen LogP contribution in [-0.4, -0.2) is 13.1 Å². The predicted octanol–water partition coefficient (Wildman–Crippen LogP) is 2.66. The molecular formula is C11H14ClN3. The summed E-state index contributed by atoms with van der Waals surface area (Å²) in [6.45, 7) is 3.46. The van der Waals surface area contributed by atoms with E-state index in [1.165, 1.54) is 0 Å². The molecule has 0 saturated carbocycles. The Morgan fingerprint density at radius 3 is 2.80 bits per heavy atom. The van der Waals surface area contributed by atoms with E-state index in [9.17, 15) is 0 Å². The maximum atomic E-state index is 8.56. The van der Waals surface area contributed by atoms with Crippen LogP contribution >= 0.6 is 11.6 Å². The van der Waals surface area contributed by atoms with Crippen LogP contribution in [0.15, 0.2) is 18.2 Å². The van der Waals surface area contributed by atoms with Crippen LogP contribution in [0.3, 0.4) is 0 Å². The van der Waals surface area contributed by atoms with Gasteiger partial charge in [0.15, 0.2) is 0 Å². The Kier molecular flexibility index (Phi) is 4.26. The lowest BCUT2D eigenvalue weighted by Crippen LogP contribution is -2.24. The van der Waals surface area contributed by atoms with Gasteiger partial charge in [-0.15, -0.1) is 0 Å². The molecule has 0 amide bonds. The summed E-state index contributed by atoms with van der Waals surface area (Å²) >= 11 is 6.08. The smallest absolute Gasteiger partial charge is 0.0789 e. The van der Waals surface area contributed by atoms with Crippen LogP contribution in [0.2, 0.25) is 5.02 Å². The van der Waals surface area contributed by atoms with Gasteiger partial charge in [-0.05, 0) is 19.1 Å². The minimum Gasteiger partial charge on any atom is -0.397 e. The lowest BCUT2D eigenvalue weighted by molar-refractivity contribution is 0.828. The standard InChI is InChI=1S/C11H14ClN3/c1-2-15(8-4-7-13)11-9(12)5-3-6-10(11)14/h3,5-6H,2,4,8,14H2,1H3. The summed E-state index contributed by atoms with van der Waals surface area (Å²) in [7, 11) is 0. The number of nitrogen functional groups attached to an aromatic ring is 1. The van der Waals surface area contributed by atoms with Crippen molar-refractivity contribution in [1.82, 2.24) is 0 Å². The molecule has 0 aliphatic rings.